The predicted molar refractivity (Wildman–Crippen MR) is 87.5 cm³/mol. The van der Waals surface area contributed by atoms with Crippen molar-refractivity contribution in [1.82, 2.24) is 5.32 Å². The van der Waals surface area contributed by atoms with Crippen LogP contribution in [-0.4, -0.2) is 19.2 Å². The second kappa shape index (κ2) is 9.82. The lowest BCUT2D eigenvalue weighted by molar-refractivity contribution is 0.230. The van der Waals surface area contributed by atoms with E-state index in [2.05, 4.69) is 57.3 Å². The van der Waals surface area contributed by atoms with Gasteiger partial charge in [0, 0.05) is 6.04 Å². The smallest absolute Gasteiger partial charge is 0.119 e. The third-order valence-electron chi connectivity index (χ3n) is 3.63. The van der Waals surface area contributed by atoms with Crippen LogP contribution in [0.5, 0.6) is 5.75 Å². The molecule has 1 aromatic carbocycles. The van der Waals surface area contributed by atoms with E-state index in [9.17, 15) is 0 Å². The van der Waals surface area contributed by atoms with E-state index >= 15 is 0 Å². The number of hydrogen-bond acceptors (Lipinski definition) is 2. The van der Waals surface area contributed by atoms with Crippen LogP contribution in [-0.2, 0) is 6.42 Å². The van der Waals surface area contributed by atoms with Gasteiger partial charge >= 0.3 is 0 Å². The molecule has 20 heavy (non-hydrogen) atoms. The Morgan fingerprint density at radius 3 is 2.30 bits per heavy atom. The molecule has 0 bridgehead atoms. The molecule has 0 heterocycles. The third-order valence-corrected chi connectivity index (χ3v) is 3.63. The average molecular weight is 277 g/mol. The van der Waals surface area contributed by atoms with Gasteiger partial charge in [-0.1, -0.05) is 46.2 Å². The van der Waals surface area contributed by atoms with Crippen molar-refractivity contribution in [2.45, 2.75) is 59.4 Å². The fourth-order valence-corrected chi connectivity index (χ4v) is 2.14. The Hall–Kier alpha value is -1.02. The zero-order valence-electron chi connectivity index (χ0n) is 13.6. The first-order valence-corrected chi connectivity index (χ1v) is 8.12. The summed E-state index contributed by atoms with van der Waals surface area (Å²) in [6, 6.07) is 9.00. The van der Waals surface area contributed by atoms with E-state index < -0.39 is 0 Å². The molecule has 0 aliphatic carbocycles. The largest absolute Gasteiger partial charge is 0.492 e. The Labute approximate surface area is 124 Å². The summed E-state index contributed by atoms with van der Waals surface area (Å²) in [4.78, 5) is 0. The average Bonchev–Trinajstić information content (AvgIpc) is 2.46. The molecular formula is C18H31NO. The van der Waals surface area contributed by atoms with Crippen LogP contribution in [0, 0.1) is 5.92 Å². The Morgan fingerprint density at radius 1 is 1.05 bits per heavy atom. The molecule has 1 unspecified atom stereocenters. The van der Waals surface area contributed by atoms with Crippen molar-refractivity contribution in [2.24, 2.45) is 5.92 Å². The standard InChI is InChI=1S/C18H31NO/c1-5-7-8-16-9-11-17(12-10-16)20-14-18(15(3)4)19-13-6-2/h9-12,15,18-19H,5-8,13-14H2,1-4H3. The Balaban J connectivity index is 2.42. The molecule has 0 aliphatic rings. The van der Waals surface area contributed by atoms with Crippen LogP contribution in [0.25, 0.3) is 0 Å². The molecule has 0 amide bonds. The second-order valence-corrected chi connectivity index (χ2v) is 5.86. The van der Waals surface area contributed by atoms with Gasteiger partial charge in [0.15, 0.2) is 0 Å². The molecule has 0 radical (unpaired) electrons. The maximum Gasteiger partial charge on any atom is 0.119 e. The maximum atomic E-state index is 5.92. The van der Waals surface area contributed by atoms with Crippen LogP contribution < -0.4 is 10.1 Å². The quantitative estimate of drug-likeness (QED) is 0.683. The molecule has 1 N–H and O–H groups in total. The first kappa shape index (κ1) is 17.0. The van der Waals surface area contributed by atoms with Crippen molar-refractivity contribution in [3.05, 3.63) is 29.8 Å². The van der Waals surface area contributed by atoms with Crippen LogP contribution in [0.15, 0.2) is 24.3 Å². The third kappa shape index (κ3) is 6.42. The van der Waals surface area contributed by atoms with Crippen molar-refractivity contribution in [2.75, 3.05) is 13.2 Å². The van der Waals surface area contributed by atoms with E-state index in [4.69, 9.17) is 4.74 Å². The fraction of sp³-hybridized carbons (Fsp3) is 0.667. The monoisotopic (exact) mass is 277 g/mol. The van der Waals surface area contributed by atoms with Gasteiger partial charge in [-0.3, -0.25) is 0 Å². The highest BCUT2D eigenvalue weighted by Gasteiger charge is 2.12. The lowest BCUT2D eigenvalue weighted by Gasteiger charge is -2.22. The van der Waals surface area contributed by atoms with Gasteiger partial charge in [-0.05, 0) is 49.4 Å². The summed E-state index contributed by atoms with van der Waals surface area (Å²) in [6.07, 6.45) is 4.84. The van der Waals surface area contributed by atoms with Gasteiger partial charge in [-0.15, -0.1) is 0 Å². The van der Waals surface area contributed by atoms with Gasteiger partial charge < -0.3 is 10.1 Å². The summed E-state index contributed by atoms with van der Waals surface area (Å²) in [5.74, 6) is 1.57. The van der Waals surface area contributed by atoms with E-state index in [1.54, 1.807) is 0 Å². The van der Waals surface area contributed by atoms with Gasteiger partial charge in [0.25, 0.3) is 0 Å². The summed E-state index contributed by atoms with van der Waals surface area (Å²) < 4.78 is 5.92. The van der Waals surface area contributed by atoms with Crippen LogP contribution in [0.4, 0.5) is 0 Å². The van der Waals surface area contributed by atoms with Gasteiger partial charge in [0.05, 0.1) is 0 Å². The van der Waals surface area contributed by atoms with Crippen LogP contribution in [0.3, 0.4) is 0 Å². The van der Waals surface area contributed by atoms with Crippen LogP contribution >= 0.6 is 0 Å². The molecule has 0 fully saturated rings. The topological polar surface area (TPSA) is 21.3 Å². The molecule has 2 heteroatoms. The van der Waals surface area contributed by atoms with Gasteiger partial charge in [0.1, 0.15) is 12.4 Å². The number of nitrogens with one attached hydrogen (secondary N) is 1. The summed E-state index contributed by atoms with van der Waals surface area (Å²) in [6.45, 7) is 10.7. The van der Waals surface area contributed by atoms with Crippen molar-refractivity contribution in [1.29, 1.82) is 0 Å². The molecule has 1 aromatic rings. The molecule has 0 aromatic heterocycles. The van der Waals surface area contributed by atoms with Crippen molar-refractivity contribution < 1.29 is 4.74 Å². The SMILES string of the molecule is CCCCc1ccc(OCC(NCCC)C(C)C)cc1. The fourth-order valence-electron chi connectivity index (χ4n) is 2.14. The number of benzene rings is 1. The van der Waals surface area contributed by atoms with Crippen LogP contribution in [0.2, 0.25) is 0 Å². The molecule has 1 rings (SSSR count). The predicted octanol–water partition coefficient (Wildman–Crippen LogP) is 4.43. The molecule has 0 spiro atoms. The van der Waals surface area contributed by atoms with E-state index in [0.29, 0.717) is 12.0 Å². The second-order valence-electron chi connectivity index (χ2n) is 5.86. The lowest BCUT2D eigenvalue weighted by atomic mass is 10.1. The maximum absolute atomic E-state index is 5.92. The minimum atomic E-state index is 0.426. The molecule has 0 aliphatic heterocycles. The summed E-state index contributed by atoms with van der Waals surface area (Å²) in [5, 5.41) is 3.55. The minimum Gasteiger partial charge on any atom is -0.492 e. The number of rotatable bonds is 10. The van der Waals surface area contributed by atoms with Gasteiger partial charge in [-0.25, -0.2) is 0 Å². The van der Waals surface area contributed by atoms with Crippen molar-refractivity contribution in [3.8, 4) is 5.75 Å². The Morgan fingerprint density at radius 2 is 1.75 bits per heavy atom. The summed E-state index contributed by atoms with van der Waals surface area (Å²) >= 11 is 0. The van der Waals surface area contributed by atoms with E-state index in [-0.39, 0.29) is 0 Å². The highest BCUT2D eigenvalue weighted by Crippen LogP contribution is 2.15. The molecule has 0 saturated carbocycles. The van der Waals surface area contributed by atoms with Crippen molar-refractivity contribution in [3.63, 3.8) is 0 Å². The highest BCUT2D eigenvalue weighted by atomic mass is 16.5. The molecule has 114 valence electrons. The normalized spacial score (nSPS) is 12.7. The van der Waals surface area contributed by atoms with Crippen molar-refractivity contribution >= 4 is 0 Å². The van der Waals surface area contributed by atoms with E-state index in [0.717, 1.165) is 25.3 Å². The van der Waals surface area contributed by atoms with Gasteiger partial charge in [0.2, 0.25) is 0 Å². The molecule has 2 nitrogen and oxygen atoms in total. The number of ether oxygens (including phenoxy) is 1. The van der Waals surface area contributed by atoms with Crippen LogP contribution in [0.1, 0.15) is 52.5 Å². The highest BCUT2D eigenvalue weighted by molar-refractivity contribution is 5.27. The Kier molecular flexibility index (Phi) is 8.36. The number of aryl methyl sites for hydroxylation is 1. The number of hydrogen-bond donors (Lipinski definition) is 1. The molecule has 0 saturated heterocycles. The Bertz CT molecular complexity index is 345. The zero-order valence-corrected chi connectivity index (χ0v) is 13.6. The minimum absolute atomic E-state index is 0.426. The van der Waals surface area contributed by atoms with E-state index in [1.807, 2.05) is 0 Å². The molecular weight excluding hydrogens is 246 g/mol. The molecule has 1 atom stereocenters. The summed E-state index contributed by atoms with van der Waals surface area (Å²) in [5.41, 5.74) is 1.41. The first-order valence-electron chi connectivity index (χ1n) is 8.12. The lowest BCUT2D eigenvalue weighted by Crippen LogP contribution is -2.39. The van der Waals surface area contributed by atoms with Gasteiger partial charge in [-0.2, -0.15) is 0 Å². The first-order chi connectivity index (χ1) is 9.67. The zero-order chi connectivity index (χ0) is 14.8. The summed E-state index contributed by atoms with van der Waals surface area (Å²) in [7, 11) is 0. The van der Waals surface area contributed by atoms with E-state index in [1.165, 1.54) is 24.8 Å². The number of unbranched alkanes of at least 4 members (excludes halogenated alkanes) is 1.